The van der Waals surface area contributed by atoms with Crippen LogP contribution in [0.25, 0.3) is 22.3 Å². The molecule has 0 fully saturated rings. The van der Waals surface area contributed by atoms with E-state index in [0.717, 1.165) is 28.0 Å². The predicted molar refractivity (Wildman–Crippen MR) is 134 cm³/mol. The molecule has 6 nitrogen and oxygen atoms in total. The SMILES string of the molecule is Cc1cccc(-n2cc(CNC(=O)c3cc4ccccc4n(-c4cccc(C(F)(F)F)c4)c3=O)cn2)c1. The molecule has 0 radical (unpaired) electrons. The molecule has 0 unspecified atom stereocenters. The van der Waals surface area contributed by atoms with Gasteiger partial charge in [0.05, 0.1) is 23.0 Å². The van der Waals surface area contributed by atoms with Crippen LogP contribution in [-0.4, -0.2) is 20.3 Å². The smallest absolute Gasteiger partial charge is 0.348 e. The minimum Gasteiger partial charge on any atom is -0.348 e. The summed E-state index contributed by atoms with van der Waals surface area (Å²) in [4.78, 5) is 26.5. The number of nitrogens with zero attached hydrogens (tertiary/aromatic N) is 3. The molecule has 2 heterocycles. The molecule has 0 saturated carbocycles. The average molecular weight is 502 g/mol. The zero-order chi connectivity index (χ0) is 26.2. The van der Waals surface area contributed by atoms with Crippen LogP contribution >= 0.6 is 0 Å². The Hall–Kier alpha value is -4.66. The molecule has 0 spiro atoms. The quantitative estimate of drug-likeness (QED) is 0.348. The van der Waals surface area contributed by atoms with E-state index in [-0.39, 0.29) is 17.8 Å². The lowest BCUT2D eigenvalue weighted by molar-refractivity contribution is -0.137. The fourth-order valence-electron chi connectivity index (χ4n) is 4.14. The Morgan fingerprint density at radius 1 is 0.946 bits per heavy atom. The standard InChI is InChI=1S/C28H21F3N4O2/c1-18-6-4-9-22(12-18)34-17-19(16-33-34)15-32-26(36)24-13-20-7-2-3-11-25(20)35(27(24)37)23-10-5-8-21(14-23)28(29,30)31/h2-14,16-17H,15H2,1H3,(H,32,36). The number of carbonyl (C=O) groups is 1. The summed E-state index contributed by atoms with van der Waals surface area (Å²) in [7, 11) is 0. The number of fused-ring (bicyclic) bond motifs is 1. The molecule has 0 bridgehead atoms. The summed E-state index contributed by atoms with van der Waals surface area (Å²) in [6, 6.07) is 20.4. The highest BCUT2D eigenvalue weighted by Crippen LogP contribution is 2.30. The lowest BCUT2D eigenvalue weighted by Crippen LogP contribution is -2.32. The van der Waals surface area contributed by atoms with Gasteiger partial charge in [0.15, 0.2) is 0 Å². The number of nitrogens with one attached hydrogen (secondary N) is 1. The molecule has 3 aromatic carbocycles. The van der Waals surface area contributed by atoms with Gasteiger partial charge in [-0.1, -0.05) is 36.4 Å². The number of aromatic nitrogens is 3. The molecule has 0 aliphatic carbocycles. The topological polar surface area (TPSA) is 68.9 Å². The highest BCUT2D eigenvalue weighted by Gasteiger charge is 2.31. The number of amides is 1. The van der Waals surface area contributed by atoms with Crippen molar-refractivity contribution in [2.24, 2.45) is 0 Å². The highest BCUT2D eigenvalue weighted by atomic mass is 19.4. The van der Waals surface area contributed by atoms with E-state index >= 15 is 0 Å². The molecule has 5 rings (SSSR count). The van der Waals surface area contributed by atoms with Crippen LogP contribution in [0.1, 0.15) is 27.0 Å². The molecule has 1 N–H and O–H groups in total. The molecular weight excluding hydrogens is 481 g/mol. The van der Waals surface area contributed by atoms with Gasteiger partial charge in [0, 0.05) is 24.0 Å². The number of hydrogen-bond donors (Lipinski definition) is 1. The molecule has 2 aromatic heterocycles. The Morgan fingerprint density at radius 3 is 2.49 bits per heavy atom. The molecule has 0 aliphatic rings. The molecule has 186 valence electrons. The first kappa shape index (κ1) is 24.1. The average Bonchev–Trinajstić information content (AvgIpc) is 3.36. The number of pyridine rings is 1. The normalized spacial score (nSPS) is 11.6. The summed E-state index contributed by atoms with van der Waals surface area (Å²) in [6.07, 6.45) is -1.19. The summed E-state index contributed by atoms with van der Waals surface area (Å²) < 4.78 is 42.8. The van der Waals surface area contributed by atoms with Crippen LogP contribution in [0.15, 0.2) is 96.1 Å². The Kier molecular flexibility index (Phi) is 6.12. The van der Waals surface area contributed by atoms with Gasteiger partial charge in [-0.3, -0.25) is 14.2 Å². The fourth-order valence-corrected chi connectivity index (χ4v) is 4.14. The van der Waals surface area contributed by atoms with E-state index in [1.54, 1.807) is 41.3 Å². The van der Waals surface area contributed by atoms with E-state index in [1.165, 1.54) is 18.2 Å². The van der Waals surface area contributed by atoms with Crippen molar-refractivity contribution in [3.05, 3.63) is 124 Å². The Morgan fingerprint density at radius 2 is 1.70 bits per heavy atom. The zero-order valence-electron chi connectivity index (χ0n) is 19.7. The van der Waals surface area contributed by atoms with Crippen molar-refractivity contribution in [2.45, 2.75) is 19.6 Å². The van der Waals surface area contributed by atoms with Crippen molar-refractivity contribution in [1.29, 1.82) is 0 Å². The molecule has 37 heavy (non-hydrogen) atoms. The van der Waals surface area contributed by atoms with Crippen LogP contribution in [0, 0.1) is 6.92 Å². The fraction of sp³-hybridized carbons (Fsp3) is 0.107. The van der Waals surface area contributed by atoms with Gasteiger partial charge in [0.2, 0.25) is 0 Å². The summed E-state index contributed by atoms with van der Waals surface area (Å²) in [6.45, 7) is 2.09. The third-order valence-electron chi connectivity index (χ3n) is 5.94. The van der Waals surface area contributed by atoms with Gasteiger partial charge >= 0.3 is 6.18 Å². The van der Waals surface area contributed by atoms with Gasteiger partial charge in [-0.2, -0.15) is 18.3 Å². The third-order valence-corrected chi connectivity index (χ3v) is 5.94. The van der Waals surface area contributed by atoms with Crippen molar-refractivity contribution < 1.29 is 18.0 Å². The van der Waals surface area contributed by atoms with E-state index in [2.05, 4.69) is 10.4 Å². The lowest BCUT2D eigenvalue weighted by Gasteiger charge is -2.15. The second-order valence-corrected chi connectivity index (χ2v) is 8.62. The van der Waals surface area contributed by atoms with Gasteiger partial charge in [-0.25, -0.2) is 4.68 Å². The maximum absolute atomic E-state index is 13.4. The van der Waals surface area contributed by atoms with Gasteiger partial charge < -0.3 is 5.32 Å². The van der Waals surface area contributed by atoms with E-state index in [0.29, 0.717) is 16.5 Å². The number of carbonyl (C=O) groups excluding carboxylic acids is 1. The number of aryl methyl sites for hydroxylation is 1. The molecule has 5 aromatic rings. The Bertz CT molecular complexity index is 1690. The Balaban J connectivity index is 1.47. The van der Waals surface area contributed by atoms with E-state index in [4.69, 9.17) is 0 Å². The number of para-hydroxylation sites is 1. The summed E-state index contributed by atoms with van der Waals surface area (Å²) >= 11 is 0. The van der Waals surface area contributed by atoms with E-state index in [1.807, 2.05) is 31.2 Å². The minimum absolute atomic E-state index is 0.0186. The first-order valence-corrected chi connectivity index (χ1v) is 11.4. The van der Waals surface area contributed by atoms with Crippen LogP contribution in [-0.2, 0) is 12.7 Å². The number of hydrogen-bond acceptors (Lipinski definition) is 3. The largest absolute Gasteiger partial charge is 0.416 e. The first-order chi connectivity index (χ1) is 17.7. The van der Waals surface area contributed by atoms with Crippen molar-refractivity contribution in [1.82, 2.24) is 19.7 Å². The van der Waals surface area contributed by atoms with Gasteiger partial charge in [0.1, 0.15) is 5.56 Å². The van der Waals surface area contributed by atoms with Crippen LogP contribution in [0.4, 0.5) is 13.2 Å². The maximum Gasteiger partial charge on any atom is 0.416 e. The molecule has 0 saturated heterocycles. The molecular formula is C28H21F3N4O2. The molecule has 0 atom stereocenters. The van der Waals surface area contributed by atoms with Crippen LogP contribution in [0.3, 0.4) is 0 Å². The van der Waals surface area contributed by atoms with Gasteiger partial charge in [-0.05, 0) is 60.3 Å². The van der Waals surface area contributed by atoms with E-state index < -0.39 is 23.2 Å². The number of rotatable bonds is 5. The summed E-state index contributed by atoms with van der Waals surface area (Å²) in [5.41, 5.74) is 1.30. The predicted octanol–water partition coefficient (Wildman–Crippen LogP) is 5.43. The number of benzene rings is 3. The molecule has 1 amide bonds. The third kappa shape index (κ3) is 4.88. The second kappa shape index (κ2) is 9.42. The van der Waals surface area contributed by atoms with Crippen molar-refractivity contribution >= 4 is 16.8 Å². The van der Waals surface area contributed by atoms with Crippen molar-refractivity contribution in [2.75, 3.05) is 0 Å². The Labute approximate surface area is 209 Å². The van der Waals surface area contributed by atoms with Crippen molar-refractivity contribution in [3.8, 4) is 11.4 Å². The lowest BCUT2D eigenvalue weighted by atomic mass is 10.1. The van der Waals surface area contributed by atoms with E-state index in [9.17, 15) is 22.8 Å². The van der Waals surface area contributed by atoms with Crippen molar-refractivity contribution in [3.63, 3.8) is 0 Å². The maximum atomic E-state index is 13.4. The second-order valence-electron chi connectivity index (χ2n) is 8.62. The number of alkyl halides is 3. The molecule has 9 heteroatoms. The van der Waals surface area contributed by atoms with Gasteiger partial charge in [0.25, 0.3) is 11.5 Å². The van der Waals surface area contributed by atoms with Crippen LogP contribution in [0.5, 0.6) is 0 Å². The zero-order valence-corrected chi connectivity index (χ0v) is 19.7. The first-order valence-electron chi connectivity index (χ1n) is 11.4. The summed E-state index contributed by atoms with van der Waals surface area (Å²) in [5, 5.41) is 7.59. The number of halogens is 3. The van der Waals surface area contributed by atoms with Crippen LogP contribution < -0.4 is 10.9 Å². The minimum atomic E-state index is -4.58. The van der Waals surface area contributed by atoms with Crippen LogP contribution in [0.2, 0.25) is 0 Å². The highest BCUT2D eigenvalue weighted by molar-refractivity contribution is 5.97. The molecule has 0 aliphatic heterocycles. The van der Waals surface area contributed by atoms with Gasteiger partial charge in [-0.15, -0.1) is 0 Å². The summed E-state index contributed by atoms with van der Waals surface area (Å²) in [5.74, 6) is -0.639. The monoisotopic (exact) mass is 502 g/mol.